The molecule has 0 amide bonds. The summed E-state index contributed by atoms with van der Waals surface area (Å²) in [5.41, 5.74) is 11.5. The molecule has 0 radical (unpaired) electrons. The summed E-state index contributed by atoms with van der Waals surface area (Å²) in [5.74, 6) is 0.553. The monoisotopic (exact) mass is 144 g/mol. The maximum Gasteiger partial charge on any atom is 0.00789 e. The molecule has 0 aliphatic heterocycles. The average Bonchev–Trinajstić information content (AvgIpc) is 1.85. The van der Waals surface area contributed by atoms with Crippen LogP contribution >= 0.6 is 0 Å². The Morgan fingerprint density at radius 3 is 1.70 bits per heavy atom. The van der Waals surface area contributed by atoms with Crippen molar-refractivity contribution in [2.45, 2.75) is 33.7 Å². The molecule has 0 aromatic heterocycles. The van der Waals surface area contributed by atoms with E-state index in [1.807, 2.05) is 6.92 Å². The van der Waals surface area contributed by atoms with E-state index >= 15 is 0 Å². The summed E-state index contributed by atoms with van der Waals surface area (Å²) in [6, 6.07) is 0.178. The second-order valence-corrected chi connectivity index (χ2v) is 3.65. The van der Waals surface area contributed by atoms with Gasteiger partial charge in [0, 0.05) is 6.04 Å². The zero-order valence-corrected chi connectivity index (χ0v) is 7.52. The fraction of sp³-hybridized carbons (Fsp3) is 1.00. The highest BCUT2D eigenvalue weighted by Gasteiger charge is 2.30. The number of hydrogen-bond donors (Lipinski definition) is 2. The molecule has 0 aliphatic rings. The molecule has 0 fully saturated rings. The smallest absolute Gasteiger partial charge is 0.00789 e. The zero-order chi connectivity index (χ0) is 8.36. The fourth-order valence-electron chi connectivity index (χ4n) is 0.947. The van der Waals surface area contributed by atoms with Crippen molar-refractivity contribution in [1.82, 2.24) is 0 Å². The fourth-order valence-corrected chi connectivity index (χ4v) is 0.947. The zero-order valence-electron chi connectivity index (χ0n) is 7.52. The summed E-state index contributed by atoms with van der Waals surface area (Å²) in [4.78, 5) is 0. The van der Waals surface area contributed by atoms with Crippen LogP contribution < -0.4 is 11.5 Å². The third-order valence-corrected chi connectivity index (χ3v) is 2.80. The van der Waals surface area contributed by atoms with Gasteiger partial charge in [0.2, 0.25) is 0 Å². The molecule has 2 heteroatoms. The summed E-state index contributed by atoms with van der Waals surface area (Å²) >= 11 is 0. The molecule has 0 aromatic carbocycles. The van der Waals surface area contributed by atoms with Crippen molar-refractivity contribution in [3.63, 3.8) is 0 Å². The van der Waals surface area contributed by atoms with Gasteiger partial charge < -0.3 is 11.5 Å². The van der Waals surface area contributed by atoms with Gasteiger partial charge in [-0.2, -0.15) is 0 Å². The van der Waals surface area contributed by atoms with Gasteiger partial charge in [-0.25, -0.2) is 0 Å². The maximum absolute atomic E-state index is 5.80. The quantitative estimate of drug-likeness (QED) is 0.619. The highest BCUT2D eigenvalue weighted by Crippen LogP contribution is 2.27. The number of hydrogen-bond acceptors (Lipinski definition) is 2. The molecule has 10 heavy (non-hydrogen) atoms. The lowest BCUT2D eigenvalue weighted by molar-refractivity contribution is 0.187. The molecule has 0 rings (SSSR count). The topological polar surface area (TPSA) is 52.0 Å². The molecule has 0 aliphatic carbocycles. The molecular formula is C8H20N2. The van der Waals surface area contributed by atoms with E-state index in [1.54, 1.807) is 0 Å². The van der Waals surface area contributed by atoms with E-state index in [4.69, 9.17) is 11.5 Å². The Morgan fingerprint density at radius 2 is 1.70 bits per heavy atom. The molecule has 0 bridgehead atoms. The van der Waals surface area contributed by atoms with Gasteiger partial charge in [0.25, 0.3) is 0 Å². The molecule has 2 nitrogen and oxygen atoms in total. The largest absolute Gasteiger partial charge is 0.330 e. The number of rotatable bonds is 3. The van der Waals surface area contributed by atoms with Crippen LogP contribution in [0.1, 0.15) is 27.7 Å². The Morgan fingerprint density at radius 1 is 1.30 bits per heavy atom. The molecule has 62 valence electrons. The van der Waals surface area contributed by atoms with Crippen LogP contribution in [0.3, 0.4) is 0 Å². The van der Waals surface area contributed by atoms with E-state index in [1.165, 1.54) is 0 Å². The first kappa shape index (κ1) is 9.92. The predicted octanol–water partition coefficient (Wildman–Crippen LogP) is 0.955. The lowest BCUT2D eigenvalue weighted by Crippen LogP contribution is -2.46. The second-order valence-electron chi connectivity index (χ2n) is 3.65. The van der Waals surface area contributed by atoms with Crippen molar-refractivity contribution in [3.8, 4) is 0 Å². The van der Waals surface area contributed by atoms with Crippen LogP contribution in [0.25, 0.3) is 0 Å². The highest BCUT2D eigenvalue weighted by atomic mass is 14.7. The third kappa shape index (κ3) is 1.70. The van der Waals surface area contributed by atoms with E-state index in [2.05, 4.69) is 20.8 Å². The average molecular weight is 144 g/mol. The molecule has 2 atom stereocenters. The minimum Gasteiger partial charge on any atom is -0.330 e. The van der Waals surface area contributed by atoms with Gasteiger partial charge in [-0.3, -0.25) is 0 Å². The Hall–Kier alpha value is -0.0800. The Kier molecular flexibility index (Phi) is 3.33. The first-order valence-electron chi connectivity index (χ1n) is 3.90. The third-order valence-electron chi connectivity index (χ3n) is 2.80. The molecule has 4 N–H and O–H groups in total. The minimum absolute atomic E-state index is 0.0972. The van der Waals surface area contributed by atoms with E-state index < -0.39 is 0 Å². The van der Waals surface area contributed by atoms with Crippen LogP contribution in [-0.2, 0) is 0 Å². The van der Waals surface area contributed by atoms with Crippen molar-refractivity contribution in [3.05, 3.63) is 0 Å². The lowest BCUT2D eigenvalue weighted by Gasteiger charge is -2.36. The van der Waals surface area contributed by atoms with Gasteiger partial charge >= 0.3 is 0 Å². The Balaban J connectivity index is 4.23. The van der Waals surface area contributed by atoms with Crippen LogP contribution in [-0.4, -0.2) is 12.6 Å². The van der Waals surface area contributed by atoms with Crippen molar-refractivity contribution < 1.29 is 0 Å². The van der Waals surface area contributed by atoms with Gasteiger partial charge in [-0.05, 0) is 24.8 Å². The summed E-state index contributed by atoms with van der Waals surface area (Å²) < 4.78 is 0. The first-order chi connectivity index (χ1) is 4.45. The standard InChI is InChI=1S/C8H20N2/c1-6(2)8(4,5-9)7(3)10/h6-7H,5,9-10H2,1-4H3. The van der Waals surface area contributed by atoms with Crippen molar-refractivity contribution in [2.24, 2.45) is 22.8 Å². The van der Waals surface area contributed by atoms with E-state index in [0.717, 1.165) is 0 Å². The van der Waals surface area contributed by atoms with E-state index in [9.17, 15) is 0 Å². The molecule has 0 spiro atoms. The predicted molar refractivity (Wildman–Crippen MR) is 45.6 cm³/mol. The molecule has 0 heterocycles. The van der Waals surface area contributed by atoms with Crippen molar-refractivity contribution in [1.29, 1.82) is 0 Å². The summed E-state index contributed by atoms with van der Waals surface area (Å²) in [7, 11) is 0. The minimum atomic E-state index is 0.0972. The van der Waals surface area contributed by atoms with Crippen molar-refractivity contribution >= 4 is 0 Å². The van der Waals surface area contributed by atoms with E-state index in [0.29, 0.717) is 12.5 Å². The maximum atomic E-state index is 5.80. The van der Waals surface area contributed by atoms with Gasteiger partial charge in [0.15, 0.2) is 0 Å². The molecule has 0 saturated carbocycles. The molecule has 0 aromatic rings. The lowest BCUT2D eigenvalue weighted by atomic mass is 9.74. The molecular weight excluding hydrogens is 124 g/mol. The summed E-state index contributed by atoms with van der Waals surface area (Å²) in [5, 5.41) is 0. The van der Waals surface area contributed by atoms with Crippen molar-refractivity contribution in [2.75, 3.05) is 6.54 Å². The normalized spacial score (nSPS) is 20.7. The van der Waals surface area contributed by atoms with Crippen LogP contribution in [0.2, 0.25) is 0 Å². The Labute approximate surface area is 64.0 Å². The molecule has 2 unspecified atom stereocenters. The van der Waals surface area contributed by atoms with Crippen LogP contribution in [0.4, 0.5) is 0 Å². The van der Waals surface area contributed by atoms with Gasteiger partial charge in [0.1, 0.15) is 0 Å². The SMILES string of the molecule is CC(C)C(C)(CN)C(C)N. The van der Waals surface area contributed by atoms with Crippen LogP contribution in [0.15, 0.2) is 0 Å². The molecule has 0 saturated heterocycles. The van der Waals surface area contributed by atoms with E-state index in [-0.39, 0.29) is 11.5 Å². The van der Waals surface area contributed by atoms with Gasteiger partial charge in [-0.1, -0.05) is 20.8 Å². The highest BCUT2D eigenvalue weighted by molar-refractivity contribution is 4.85. The summed E-state index contributed by atoms with van der Waals surface area (Å²) in [6.45, 7) is 9.16. The van der Waals surface area contributed by atoms with Gasteiger partial charge in [-0.15, -0.1) is 0 Å². The van der Waals surface area contributed by atoms with Crippen LogP contribution in [0.5, 0.6) is 0 Å². The number of nitrogens with two attached hydrogens (primary N) is 2. The second kappa shape index (κ2) is 3.35. The van der Waals surface area contributed by atoms with Crippen LogP contribution in [0, 0.1) is 11.3 Å². The first-order valence-corrected chi connectivity index (χ1v) is 3.90. The van der Waals surface area contributed by atoms with Gasteiger partial charge in [0.05, 0.1) is 0 Å². The Bertz CT molecular complexity index is 89.4. The summed E-state index contributed by atoms with van der Waals surface area (Å²) in [6.07, 6.45) is 0.